The molecule has 0 bridgehead atoms. The van der Waals surface area contributed by atoms with Crippen LogP contribution in [0.1, 0.15) is 45.5 Å². The summed E-state index contributed by atoms with van der Waals surface area (Å²) in [5, 5.41) is 9.58. The molecule has 2 aromatic heterocycles. The Bertz CT molecular complexity index is 782. The van der Waals surface area contributed by atoms with Crippen LogP contribution in [0.15, 0.2) is 35.0 Å². The van der Waals surface area contributed by atoms with Crippen LogP contribution in [-0.4, -0.2) is 48.3 Å². The van der Waals surface area contributed by atoms with E-state index in [1.807, 2.05) is 40.8 Å². The normalized spacial score (nSPS) is 15.8. The number of thiophene rings is 2. The maximum absolute atomic E-state index is 12.7. The van der Waals surface area contributed by atoms with Crippen molar-refractivity contribution >= 4 is 40.4 Å². The molecule has 1 atom stereocenters. The molecular formula is C20H25N3O3S2. The van der Waals surface area contributed by atoms with Gasteiger partial charge in [-0.05, 0) is 48.1 Å². The minimum atomic E-state index is -0.583. The summed E-state index contributed by atoms with van der Waals surface area (Å²) < 4.78 is 0. The molecule has 2 N–H and O–H groups in total. The molecule has 1 aliphatic heterocycles. The molecule has 0 saturated carbocycles. The number of piperidine rings is 1. The molecule has 0 aromatic carbocycles. The first kappa shape index (κ1) is 20.5. The van der Waals surface area contributed by atoms with Crippen molar-refractivity contribution in [1.82, 2.24) is 15.5 Å². The third kappa shape index (κ3) is 4.99. The van der Waals surface area contributed by atoms with Crippen LogP contribution in [0, 0.1) is 5.92 Å². The first-order chi connectivity index (χ1) is 13.6. The minimum absolute atomic E-state index is 0.00755. The fourth-order valence-corrected chi connectivity index (χ4v) is 4.69. The fourth-order valence-electron chi connectivity index (χ4n) is 3.37. The summed E-state index contributed by atoms with van der Waals surface area (Å²) >= 11 is 2.80. The first-order valence-corrected chi connectivity index (χ1v) is 11.3. The second-order valence-corrected chi connectivity index (χ2v) is 8.72. The van der Waals surface area contributed by atoms with Gasteiger partial charge in [-0.1, -0.05) is 19.1 Å². The number of carbonyl (C=O) groups excluding carboxylic acids is 3. The van der Waals surface area contributed by atoms with E-state index in [1.165, 1.54) is 22.7 Å². The zero-order chi connectivity index (χ0) is 19.9. The molecule has 8 heteroatoms. The number of carbonyl (C=O) groups is 3. The fraction of sp³-hybridized carbons (Fsp3) is 0.450. The Hall–Kier alpha value is -2.19. The highest BCUT2D eigenvalue weighted by molar-refractivity contribution is 7.12. The van der Waals surface area contributed by atoms with E-state index in [4.69, 9.17) is 0 Å². The largest absolute Gasteiger partial charge is 0.354 e. The quantitative estimate of drug-likeness (QED) is 0.724. The Morgan fingerprint density at radius 1 is 1.11 bits per heavy atom. The lowest BCUT2D eigenvalue weighted by molar-refractivity contribution is -0.124. The summed E-state index contributed by atoms with van der Waals surface area (Å²) in [4.78, 5) is 40.9. The van der Waals surface area contributed by atoms with Crippen molar-refractivity contribution in [3.63, 3.8) is 0 Å². The molecule has 1 aliphatic rings. The van der Waals surface area contributed by atoms with E-state index in [9.17, 15) is 14.4 Å². The molecule has 2 aromatic rings. The topological polar surface area (TPSA) is 78.5 Å². The van der Waals surface area contributed by atoms with Gasteiger partial charge in [0, 0.05) is 19.6 Å². The van der Waals surface area contributed by atoms with E-state index in [2.05, 4.69) is 10.6 Å². The van der Waals surface area contributed by atoms with Crippen LogP contribution < -0.4 is 10.6 Å². The Morgan fingerprint density at radius 2 is 1.75 bits per heavy atom. The molecule has 150 valence electrons. The van der Waals surface area contributed by atoms with Gasteiger partial charge < -0.3 is 15.5 Å². The summed E-state index contributed by atoms with van der Waals surface area (Å²) in [6, 6.07) is 6.70. The summed E-state index contributed by atoms with van der Waals surface area (Å²) in [5.74, 6) is -0.310. The van der Waals surface area contributed by atoms with Gasteiger partial charge in [0.2, 0.25) is 5.91 Å². The predicted molar refractivity (Wildman–Crippen MR) is 112 cm³/mol. The van der Waals surface area contributed by atoms with Crippen LogP contribution in [0.3, 0.4) is 0 Å². The average molecular weight is 420 g/mol. The molecule has 3 rings (SSSR count). The van der Waals surface area contributed by atoms with Gasteiger partial charge in [-0.2, -0.15) is 0 Å². The van der Waals surface area contributed by atoms with Crippen LogP contribution in [0.25, 0.3) is 0 Å². The molecule has 0 aliphatic carbocycles. The van der Waals surface area contributed by atoms with Gasteiger partial charge in [0.25, 0.3) is 11.8 Å². The molecule has 6 nitrogen and oxygen atoms in total. The number of hydrogen-bond donors (Lipinski definition) is 2. The Labute approximate surface area is 172 Å². The molecule has 28 heavy (non-hydrogen) atoms. The van der Waals surface area contributed by atoms with Gasteiger partial charge in [-0.3, -0.25) is 14.4 Å². The van der Waals surface area contributed by atoms with E-state index in [1.54, 1.807) is 6.07 Å². The third-order valence-corrected chi connectivity index (χ3v) is 6.62. The van der Waals surface area contributed by atoms with Crippen molar-refractivity contribution in [2.45, 2.75) is 32.2 Å². The van der Waals surface area contributed by atoms with E-state index in [0.29, 0.717) is 37.4 Å². The van der Waals surface area contributed by atoms with Crippen LogP contribution >= 0.6 is 22.7 Å². The smallest absolute Gasteiger partial charge is 0.263 e. The average Bonchev–Trinajstić information content (AvgIpc) is 3.44. The summed E-state index contributed by atoms with van der Waals surface area (Å²) in [6.45, 7) is 3.76. The van der Waals surface area contributed by atoms with Crippen LogP contribution in [0.4, 0.5) is 0 Å². The summed E-state index contributed by atoms with van der Waals surface area (Å²) in [7, 11) is 0. The molecule has 3 heterocycles. The number of hydrogen-bond acceptors (Lipinski definition) is 5. The number of rotatable bonds is 7. The summed E-state index contributed by atoms with van der Waals surface area (Å²) in [5.41, 5.74) is 0. The van der Waals surface area contributed by atoms with Crippen LogP contribution in [0.5, 0.6) is 0 Å². The van der Waals surface area contributed by atoms with Gasteiger partial charge in [-0.25, -0.2) is 0 Å². The number of nitrogens with zero attached hydrogens (tertiary/aromatic N) is 1. The molecule has 0 radical (unpaired) electrons. The molecule has 1 unspecified atom stereocenters. The molecule has 1 fully saturated rings. The van der Waals surface area contributed by atoms with E-state index < -0.39 is 6.04 Å². The SMILES string of the molecule is CCCNC(=O)C(NC(=O)c1cccs1)C1CCN(C(=O)c2cccs2)CC1. The molecule has 0 spiro atoms. The predicted octanol–water partition coefficient (Wildman–Crippen LogP) is 2.99. The van der Waals surface area contributed by atoms with Crippen LogP contribution in [-0.2, 0) is 4.79 Å². The standard InChI is InChI=1S/C20H25N3O3S2/c1-2-9-21-19(25)17(22-18(24)15-5-3-12-27-15)14-7-10-23(11-8-14)20(26)16-6-4-13-28-16/h3-6,12-14,17H,2,7-11H2,1H3,(H,21,25)(H,22,24). The van der Waals surface area contributed by atoms with Crippen molar-refractivity contribution in [1.29, 1.82) is 0 Å². The molecule has 3 amide bonds. The first-order valence-electron chi connectivity index (χ1n) is 9.55. The zero-order valence-corrected chi connectivity index (χ0v) is 17.5. The van der Waals surface area contributed by atoms with Gasteiger partial charge in [-0.15, -0.1) is 22.7 Å². The zero-order valence-electron chi connectivity index (χ0n) is 15.8. The van der Waals surface area contributed by atoms with Gasteiger partial charge in [0.05, 0.1) is 9.75 Å². The highest BCUT2D eigenvalue weighted by Gasteiger charge is 2.34. The second kappa shape index (κ2) is 9.84. The lowest BCUT2D eigenvalue weighted by Gasteiger charge is -2.35. The van der Waals surface area contributed by atoms with Crippen molar-refractivity contribution in [3.05, 3.63) is 44.8 Å². The Morgan fingerprint density at radius 3 is 2.32 bits per heavy atom. The van der Waals surface area contributed by atoms with Gasteiger partial charge >= 0.3 is 0 Å². The van der Waals surface area contributed by atoms with E-state index in [0.717, 1.165) is 11.3 Å². The maximum atomic E-state index is 12.7. The highest BCUT2D eigenvalue weighted by atomic mass is 32.1. The lowest BCUT2D eigenvalue weighted by atomic mass is 9.88. The third-order valence-electron chi connectivity index (χ3n) is 4.89. The maximum Gasteiger partial charge on any atom is 0.263 e. The van der Waals surface area contributed by atoms with E-state index in [-0.39, 0.29) is 23.6 Å². The van der Waals surface area contributed by atoms with Gasteiger partial charge in [0.15, 0.2) is 0 Å². The van der Waals surface area contributed by atoms with Crippen LogP contribution in [0.2, 0.25) is 0 Å². The molecular weight excluding hydrogens is 394 g/mol. The minimum Gasteiger partial charge on any atom is -0.354 e. The summed E-state index contributed by atoms with van der Waals surface area (Å²) in [6.07, 6.45) is 2.21. The number of likely N-dealkylation sites (tertiary alicyclic amines) is 1. The van der Waals surface area contributed by atoms with Crippen molar-refractivity contribution < 1.29 is 14.4 Å². The molecule has 1 saturated heterocycles. The van der Waals surface area contributed by atoms with Gasteiger partial charge in [0.1, 0.15) is 6.04 Å². The lowest BCUT2D eigenvalue weighted by Crippen LogP contribution is -2.53. The monoisotopic (exact) mass is 419 g/mol. The van der Waals surface area contributed by atoms with Crippen molar-refractivity contribution in [3.8, 4) is 0 Å². The highest BCUT2D eigenvalue weighted by Crippen LogP contribution is 2.24. The Kier molecular flexibility index (Phi) is 7.22. The van der Waals surface area contributed by atoms with Crippen molar-refractivity contribution in [2.24, 2.45) is 5.92 Å². The second-order valence-electron chi connectivity index (χ2n) is 6.83. The number of amides is 3. The number of nitrogens with one attached hydrogen (secondary N) is 2. The van der Waals surface area contributed by atoms with Crippen molar-refractivity contribution in [2.75, 3.05) is 19.6 Å². The Balaban J connectivity index is 1.64. The van der Waals surface area contributed by atoms with E-state index >= 15 is 0 Å².